The maximum atomic E-state index is 11.9. The van der Waals surface area contributed by atoms with Crippen LogP contribution in [0.2, 0.25) is 0 Å². The SMILES string of the molecule is Nc1cc(C(=O)NCc2ncc[nH]2)c([N+](=O)[O-])cn1. The summed E-state index contributed by atoms with van der Waals surface area (Å²) in [5.74, 6) is -0.0380. The maximum Gasteiger partial charge on any atom is 0.300 e. The predicted octanol–water partition coefficient (Wildman–Crippen LogP) is 0.225. The van der Waals surface area contributed by atoms with Crippen LogP contribution in [-0.2, 0) is 6.54 Å². The van der Waals surface area contributed by atoms with E-state index in [1.165, 1.54) is 6.20 Å². The molecule has 0 bridgehead atoms. The van der Waals surface area contributed by atoms with Gasteiger partial charge in [-0.2, -0.15) is 0 Å². The normalized spacial score (nSPS) is 10.1. The molecule has 2 aromatic heterocycles. The Morgan fingerprint density at radius 1 is 1.53 bits per heavy atom. The third-order valence-electron chi connectivity index (χ3n) is 2.32. The molecule has 0 unspecified atom stereocenters. The zero-order valence-electron chi connectivity index (χ0n) is 9.66. The first kappa shape index (κ1) is 12.5. The Morgan fingerprint density at radius 2 is 2.32 bits per heavy atom. The van der Waals surface area contributed by atoms with Crippen LogP contribution in [0.4, 0.5) is 11.5 Å². The molecule has 2 aromatic rings. The highest BCUT2D eigenvalue weighted by Crippen LogP contribution is 2.18. The summed E-state index contributed by atoms with van der Waals surface area (Å²) >= 11 is 0. The van der Waals surface area contributed by atoms with Gasteiger partial charge in [0.05, 0.1) is 11.5 Å². The zero-order chi connectivity index (χ0) is 13.8. The van der Waals surface area contributed by atoms with Crippen molar-refractivity contribution in [2.45, 2.75) is 6.54 Å². The molecule has 1 amide bonds. The molecule has 2 rings (SSSR count). The molecule has 0 radical (unpaired) electrons. The molecule has 9 nitrogen and oxygen atoms in total. The monoisotopic (exact) mass is 262 g/mol. The molecule has 0 aliphatic carbocycles. The van der Waals surface area contributed by atoms with Crippen molar-refractivity contribution in [2.24, 2.45) is 0 Å². The van der Waals surface area contributed by atoms with Gasteiger partial charge >= 0.3 is 0 Å². The first-order chi connectivity index (χ1) is 9.08. The molecule has 0 aliphatic heterocycles. The van der Waals surface area contributed by atoms with Gasteiger partial charge < -0.3 is 16.0 Å². The van der Waals surface area contributed by atoms with Crippen molar-refractivity contribution in [3.63, 3.8) is 0 Å². The molecule has 9 heteroatoms. The number of hydrogen-bond donors (Lipinski definition) is 3. The number of amides is 1. The molecule has 0 saturated carbocycles. The number of carbonyl (C=O) groups is 1. The van der Waals surface area contributed by atoms with Crippen LogP contribution >= 0.6 is 0 Å². The summed E-state index contributed by atoms with van der Waals surface area (Å²) in [7, 11) is 0. The smallest absolute Gasteiger partial charge is 0.300 e. The summed E-state index contributed by atoms with van der Waals surface area (Å²) in [6, 6.07) is 1.16. The van der Waals surface area contributed by atoms with E-state index in [1.807, 2.05) is 0 Å². The van der Waals surface area contributed by atoms with Crippen LogP contribution in [0.25, 0.3) is 0 Å². The third kappa shape index (κ3) is 2.83. The number of imidazole rings is 1. The van der Waals surface area contributed by atoms with Crippen LogP contribution in [0.5, 0.6) is 0 Å². The molecule has 4 N–H and O–H groups in total. The second kappa shape index (κ2) is 5.12. The minimum Gasteiger partial charge on any atom is -0.384 e. The number of rotatable bonds is 4. The topological polar surface area (TPSA) is 140 Å². The fourth-order valence-electron chi connectivity index (χ4n) is 1.45. The number of H-pyrrole nitrogens is 1. The summed E-state index contributed by atoms with van der Waals surface area (Å²) in [4.78, 5) is 32.3. The number of aromatic amines is 1. The van der Waals surface area contributed by atoms with Gasteiger partial charge in [-0.25, -0.2) is 9.97 Å². The summed E-state index contributed by atoms with van der Waals surface area (Å²) in [5.41, 5.74) is 4.89. The molecular formula is C10H10N6O3. The Morgan fingerprint density at radius 3 is 2.95 bits per heavy atom. The fourth-order valence-corrected chi connectivity index (χ4v) is 1.45. The summed E-state index contributed by atoms with van der Waals surface area (Å²) in [5, 5.41) is 13.3. The van der Waals surface area contributed by atoms with Gasteiger partial charge in [0.1, 0.15) is 23.4 Å². The van der Waals surface area contributed by atoms with Gasteiger partial charge in [0.2, 0.25) is 0 Å². The summed E-state index contributed by atoms with van der Waals surface area (Å²) in [6.45, 7) is 0.130. The van der Waals surface area contributed by atoms with E-state index in [2.05, 4.69) is 20.3 Å². The van der Waals surface area contributed by atoms with E-state index in [0.29, 0.717) is 5.82 Å². The molecule has 98 valence electrons. The number of anilines is 1. The van der Waals surface area contributed by atoms with Gasteiger partial charge in [-0.15, -0.1) is 0 Å². The van der Waals surface area contributed by atoms with Crippen LogP contribution < -0.4 is 11.1 Å². The summed E-state index contributed by atoms with van der Waals surface area (Å²) in [6.07, 6.45) is 4.10. The van der Waals surface area contributed by atoms with Crippen molar-refractivity contribution in [1.82, 2.24) is 20.3 Å². The van der Waals surface area contributed by atoms with E-state index in [-0.39, 0.29) is 17.9 Å². The molecule has 0 atom stereocenters. The number of nitrogens with one attached hydrogen (secondary N) is 2. The molecule has 0 aliphatic rings. The van der Waals surface area contributed by atoms with Crippen LogP contribution in [-0.4, -0.2) is 25.8 Å². The van der Waals surface area contributed by atoms with Crippen LogP contribution in [0.15, 0.2) is 24.7 Å². The van der Waals surface area contributed by atoms with Gasteiger partial charge in [-0.05, 0) is 6.07 Å². The first-order valence-electron chi connectivity index (χ1n) is 5.24. The van der Waals surface area contributed by atoms with Crippen LogP contribution in [0.1, 0.15) is 16.2 Å². The van der Waals surface area contributed by atoms with E-state index in [4.69, 9.17) is 5.73 Å². The standard InChI is InChI=1S/C10H10N6O3/c11-8-3-6(7(4-14-8)16(18)19)10(17)15-5-9-12-1-2-13-9/h1-4H,5H2,(H2,11,14)(H,12,13)(H,15,17). The number of nitrogens with two attached hydrogens (primary N) is 1. The molecule has 19 heavy (non-hydrogen) atoms. The van der Waals surface area contributed by atoms with E-state index in [1.54, 1.807) is 6.20 Å². The number of carbonyl (C=O) groups excluding carboxylic acids is 1. The van der Waals surface area contributed by atoms with Crippen molar-refractivity contribution in [2.75, 3.05) is 5.73 Å². The van der Waals surface area contributed by atoms with Crippen molar-refractivity contribution in [1.29, 1.82) is 0 Å². The zero-order valence-corrected chi connectivity index (χ0v) is 9.66. The Hall–Kier alpha value is -2.97. The van der Waals surface area contributed by atoms with Crippen LogP contribution in [0, 0.1) is 10.1 Å². The third-order valence-corrected chi connectivity index (χ3v) is 2.32. The van der Waals surface area contributed by atoms with Crippen molar-refractivity contribution in [3.8, 4) is 0 Å². The predicted molar refractivity (Wildman–Crippen MR) is 65.1 cm³/mol. The number of hydrogen-bond acceptors (Lipinski definition) is 6. The summed E-state index contributed by atoms with van der Waals surface area (Å²) < 4.78 is 0. The van der Waals surface area contributed by atoms with Gasteiger partial charge in [0.15, 0.2) is 0 Å². The molecule has 0 aromatic carbocycles. The number of nitro groups is 1. The van der Waals surface area contributed by atoms with E-state index < -0.39 is 16.5 Å². The molecule has 0 saturated heterocycles. The number of nitrogen functional groups attached to an aromatic ring is 1. The second-order valence-corrected chi connectivity index (χ2v) is 3.60. The highest BCUT2D eigenvalue weighted by molar-refractivity contribution is 5.98. The number of pyridine rings is 1. The molecular weight excluding hydrogens is 252 g/mol. The average Bonchev–Trinajstić information content (AvgIpc) is 2.88. The van der Waals surface area contributed by atoms with E-state index >= 15 is 0 Å². The second-order valence-electron chi connectivity index (χ2n) is 3.60. The minimum atomic E-state index is -0.686. The van der Waals surface area contributed by atoms with Gasteiger partial charge in [-0.3, -0.25) is 14.9 Å². The molecule has 2 heterocycles. The quantitative estimate of drug-likeness (QED) is 0.532. The largest absolute Gasteiger partial charge is 0.384 e. The first-order valence-corrected chi connectivity index (χ1v) is 5.24. The lowest BCUT2D eigenvalue weighted by atomic mass is 10.2. The minimum absolute atomic E-state index is 0.0359. The average molecular weight is 262 g/mol. The van der Waals surface area contributed by atoms with E-state index in [0.717, 1.165) is 12.3 Å². The van der Waals surface area contributed by atoms with Gasteiger partial charge in [0.25, 0.3) is 11.6 Å². The highest BCUT2D eigenvalue weighted by Gasteiger charge is 2.21. The molecule has 0 spiro atoms. The highest BCUT2D eigenvalue weighted by atomic mass is 16.6. The Kier molecular flexibility index (Phi) is 3.37. The lowest BCUT2D eigenvalue weighted by Gasteiger charge is -2.04. The number of nitrogens with zero attached hydrogens (tertiary/aromatic N) is 3. The lowest BCUT2D eigenvalue weighted by molar-refractivity contribution is -0.385. The Bertz CT molecular complexity index is 610. The maximum absolute atomic E-state index is 11.9. The fraction of sp³-hybridized carbons (Fsp3) is 0.100. The molecule has 0 fully saturated rings. The Balaban J connectivity index is 2.18. The lowest BCUT2D eigenvalue weighted by Crippen LogP contribution is -2.24. The van der Waals surface area contributed by atoms with Crippen LogP contribution in [0.3, 0.4) is 0 Å². The Labute approximate surface area is 107 Å². The number of aromatic nitrogens is 3. The van der Waals surface area contributed by atoms with Crippen molar-refractivity contribution < 1.29 is 9.72 Å². The van der Waals surface area contributed by atoms with Gasteiger partial charge in [-0.1, -0.05) is 0 Å². The van der Waals surface area contributed by atoms with Crippen molar-refractivity contribution in [3.05, 3.63) is 46.2 Å². The van der Waals surface area contributed by atoms with E-state index in [9.17, 15) is 14.9 Å². The van der Waals surface area contributed by atoms with Crippen molar-refractivity contribution >= 4 is 17.4 Å². The van der Waals surface area contributed by atoms with Gasteiger partial charge in [0, 0.05) is 12.4 Å².